The van der Waals surface area contributed by atoms with Crippen molar-refractivity contribution in [1.29, 1.82) is 0 Å². The third kappa shape index (κ3) is 2.54. The number of aromatic nitrogens is 2. The number of benzene rings is 3. The molecule has 0 aliphatic carbocycles. The van der Waals surface area contributed by atoms with Gasteiger partial charge in [-0.3, -0.25) is 4.40 Å². The van der Waals surface area contributed by atoms with Gasteiger partial charge in [0, 0.05) is 17.3 Å². The summed E-state index contributed by atoms with van der Waals surface area (Å²) in [6, 6.07) is 31.4. The molecule has 124 valence electrons. The Kier molecular flexibility index (Phi) is 3.65. The molecule has 3 aromatic carbocycles. The van der Waals surface area contributed by atoms with Gasteiger partial charge >= 0.3 is 0 Å². The molecule has 2 nitrogen and oxygen atoms in total. The van der Waals surface area contributed by atoms with Crippen LogP contribution in [0.4, 0.5) is 0 Å². The van der Waals surface area contributed by atoms with E-state index in [1.807, 2.05) is 6.07 Å². The first-order valence-electron chi connectivity index (χ1n) is 8.58. The molecule has 0 aliphatic heterocycles. The SMILES string of the molecule is c1ccc(-c2cn3c(-c4ccccc4)c(-c4ccccc4)sc3n2)cc1. The molecule has 0 atom stereocenters. The molecule has 0 radical (unpaired) electrons. The number of imidazole rings is 1. The Morgan fingerprint density at radius 2 is 1.15 bits per heavy atom. The normalized spacial score (nSPS) is 11.1. The molecule has 0 unspecified atom stereocenters. The third-order valence-corrected chi connectivity index (χ3v) is 5.58. The van der Waals surface area contributed by atoms with E-state index in [2.05, 4.69) is 95.5 Å². The first kappa shape index (κ1) is 15.1. The number of thiazole rings is 1. The van der Waals surface area contributed by atoms with Gasteiger partial charge in [-0.25, -0.2) is 4.98 Å². The van der Waals surface area contributed by atoms with Crippen LogP contribution in [0.5, 0.6) is 0 Å². The van der Waals surface area contributed by atoms with Gasteiger partial charge in [0.1, 0.15) is 0 Å². The molecule has 2 heterocycles. The van der Waals surface area contributed by atoms with Crippen LogP contribution in [0.25, 0.3) is 37.9 Å². The summed E-state index contributed by atoms with van der Waals surface area (Å²) in [6.07, 6.45) is 2.15. The van der Waals surface area contributed by atoms with Gasteiger partial charge < -0.3 is 0 Å². The Morgan fingerprint density at radius 3 is 1.77 bits per heavy atom. The number of hydrogen-bond acceptors (Lipinski definition) is 2. The quantitative estimate of drug-likeness (QED) is 0.367. The zero-order valence-corrected chi connectivity index (χ0v) is 14.9. The van der Waals surface area contributed by atoms with Crippen molar-refractivity contribution in [3.63, 3.8) is 0 Å². The fourth-order valence-corrected chi connectivity index (χ4v) is 4.38. The Morgan fingerprint density at radius 1 is 0.615 bits per heavy atom. The van der Waals surface area contributed by atoms with E-state index < -0.39 is 0 Å². The van der Waals surface area contributed by atoms with Gasteiger partial charge in [0.15, 0.2) is 4.96 Å². The summed E-state index contributed by atoms with van der Waals surface area (Å²) in [7, 11) is 0. The van der Waals surface area contributed by atoms with Gasteiger partial charge in [0.2, 0.25) is 0 Å². The van der Waals surface area contributed by atoms with Crippen molar-refractivity contribution in [2.24, 2.45) is 0 Å². The lowest BCUT2D eigenvalue weighted by atomic mass is 10.1. The van der Waals surface area contributed by atoms with E-state index in [1.165, 1.54) is 21.7 Å². The minimum atomic E-state index is 1.01. The summed E-state index contributed by atoms with van der Waals surface area (Å²) in [5.41, 5.74) is 5.78. The molecule has 2 aromatic heterocycles. The predicted molar refractivity (Wildman–Crippen MR) is 109 cm³/mol. The summed E-state index contributed by atoms with van der Waals surface area (Å²) in [5.74, 6) is 0. The summed E-state index contributed by atoms with van der Waals surface area (Å²) >= 11 is 1.74. The molecule has 0 saturated carbocycles. The van der Waals surface area contributed by atoms with Gasteiger partial charge in [-0.2, -0.15) is 0 Å². The third-order valence-electron chi connectivity index (χ3n) is 4.48. The maximum absolute atomic E-state index is 4.90. The van der Waals surface area contributed by atoms with E-state index in [4.69, 9.17) is 4.98 Å². The Hall–Kier alpha value is -3.17. The van der Waals surface area contributed by atoms with Gasteiger partial charge in [0.25, 0.3) is 0 Å². The van der Waals surface area contributed by atoms with Crippen LogP contribution in [-0.4, -0.2) is 9.38 Å². The molecule has 0 bridgehead atoms. The zero-order valence-electron chi connectivity index (χ0n) is 14.0. The van der Waals surface area contributed by atoms with Crippen molar-refractivity contribution >= 4 is 16.3 Å². The molecule has 0 saturated heterocycles. The summed E-state index contributed by atoms with van der Waals surface area (Å²) in [4.78, 5) is 7.16. The summed E-state index contributed by atoms with van der Waals surface area (Å²) < 4.78 is 2.23. The lowest BCUT2D eigenvalue weighted by Gasteiger charge is -2.05. The van der Waals surface area contributed by atoms with E-state index in [-0.39, 0.29) is 0 Å². The van der Waals surface area contributed by atoms with Crippen LogP contribution in [0, 0.1) is 0 Å². The number of hydrogen-bond donors (Lipinski definition) is 0. The maximum atomic E-state index is 4.90. The van der Waals surface area contributed by atoms with E-state index in [1.54, 1.807) is 11.3 Å². The molecule has 3 heteroatoms. The minimum absolute atomic E-state index is 1.01. The van der Waals surface area contributed by atoms with Crippen molar-refractivity contribution in [3.05, 3.63) is 97.2 Å². The fraction of sp³-hybridized carbons (Fsp3) is 0. The van der Waals surface area contributed by atoms with Crippen LogP contribution >= 0.6 is 11.3 Å². The highest BCUT2D eigenvalue weighted by atomic mass is 32.1. The van der Waals surface area contributed by atoms with Crippen LogP contribution < -0.4 is 0 Å². The van der Waals surface area contributed by atoms with Gasteiger partial charge in [-0.05, 0) is 5.56 Å². The van der Waals surface area contributed by atoms with E-state index in [0.717, 1.165) is 16.2 Å². The summed E-state index contributed by atoms with van der Waals surface area (Å²) in [6.45, 7) is 0. The summed E-state index contributed by atoms with van der Waals surface area (Å²) in [5, 5.41) is 0. The van der Waals surface area contributed by atoms with Gasteiger partial charge in [-0.1, -0.05) is 102 Å². The molecule has 0 spiro atoms. The number of fused-ring (bicyclic) bond motifs is 1. The van der Waals surface area contributed by atoms with Crippen LogP contribution in [0.15, 0.2) is 97.2 Å². The zero-order chi connectivity index (χ0) is 17.3. The second-order valence-corrected chi connectivity index (χ2v) is 7.13. The first-order chi connectivity index (χ1) is 12.9. The highest BCUT2D eigenvalue weighted by Gasteiger charge is 2.18. The van der Waals surface area contributed by atoms with E-state index in [9.17, 15) is 0 Å². The molecule has 26 heavy (non-hydrogen) atoms. The first-order valence-corrected chi connectivity index (χ1v) is 9.40. The number of rotatable bonds is 3. The molecule has 0 fully saturated rings. The second-order valence-electron chi connectivity index (χ2n) is 6.16. The Labute approximate surface area is 156 Å². The maximum Gasteiger partial charge on any atom is 0.195 e. The average Bonchev–Trinajstić information content (AvgIpc) is 3.28. The smallest absolute Gasteiger partial charge is 0.195 e. The van der Waals surface area contributed by atoms with Crippen LogP contribution in [0.3, 0.4) is 0 Å². The van der Waals surface area contributed by atoms with Gasteiger partial charge in [0.05, 0.1) is 16.3 Å². The minimum Gasteiger partial charge on any atom is -0.289 e. The predicted octanol–water partition coefficient (Wildman–Crippen LogP) is 6.40. The topological polar surface area (TPSA) is 17.3 Å². The highest BCUT2D eigenvalue weighted by molar-refractivity contribution is 7.20. The Balaban J connectivity index is 1.77. The van der Waals surface area contributed by atoms with E-state index >= 15 is 0 Å². The molecule has 0 N–H and O–H groups in total. The van der Waals surface area contributed by atoms with Crippen molar-refractivity contribution in [3.8, 4) is 33.0 Å². The van der Waals surface area contributed by atoms with Crippen molar-refractivity contribution < 1.29 is 0 Å². The lowest BCUT2D eigenvalue weighted by molar-refractivity contribution is 1.24. The molecule has 5 rings (SSSR count). The van der Waals surface area contributed by atoms with Gasteiger partial charge in [-0.15, -0.1) is 0 Å². The molecule has 0 amide bonds. The fourth-order valence-electron chi connectivity index (χ4n) is 3.24. The van der Waals surface area contributed by atoms with Crippen molar-refractivity contribution in [1.82, 2.24) is 9.38 Å². The number of nitrogens with zero attached hydrogens (tertiary/aromatic N) is 2. The Bertz CT molecular complexity index is 1160. The molecule has 0 aliphatic rings. The van der Waals surface area contributed by atoms with Crippen LogP contribution in [0.1, 0.15) is 0 Å². The van der Waals surface area contributed by atoms with Crippen molar-refractivity contribution in [2.75, 3.05) is 0 Å². The standard InChI is InChI=1S/C23H16N2S/c1-4-10-17(11-5-1)20-16-25-21(18-12-6-2-7-13-18)22(26-23(25)24-20)19-14-8-3-9-15-19/h1-16H. The highest BCUT2D eigenvalue weighted by Crippen LogP contribution is 2.40. The van der Waals surface area contributed by atoms with Crippen LogP contribution in [-0.2, 0) is 0 Å². The lowest BCUT2D eigenvalue weighted by Crippen LogP contribution is -1.86. The average molecular weight is 352 g/mol. The molecule has 5 aromatic rings. The molecular weight excluding hydrogens is 336 g/mol. The van der Waals surface area contributed by atoms with Crippen molar-refractivity contribution in [2.45, 2.75) is 0 Å². The second kappa shape index (κ2) is 6.28. The van der Waals surface area contributed by atoms with Crippen LogP contribution in [0.2, 0.25) is 0 Å². The largest absolute Gasteiger partial charge is 0.289 e. The monoisotopic (exact) mass is 352 g/mol. The van der Waals surface area contributed by atoms with E-state index in [0.29, 0.717) is 0 Å². The molecular formula is C23H16N2S.